The third kappa shape index (κ3) is 2.31. The summed E-state index contributed by atoms with van der Waals surface area (Å²) >= 11 is 1.52. The first-order chi connectivity index (χ1) is 5.20. The Balaban J connectivity index is 2.51. The van der Waals surface area contributed by atoms with Gasteiger partial charge in [0.25, 0.3) is 0 Å². The van der Waals surface area contributed by atoms with Crippen LogP contribution in [-0.2, 0) is 11.2 Å². The molecule has 0 radical (unpaired) electrons. The summed E-state index contributed by atoms with van der Waals surface area (Å²) in [5.41, 5.74) is 2.70. The van der Waals surface area contributed by atoms with E-state index in [1.807, 2.05) is 6.92 Å². The van der Waals surface area contributed by atoms with Crippen molar-refractivity contribution in [2.45, 2.75) is 19.8 Å². The molecule has 0 aliphatic carbocycles. The molecule has 0 atom stereocenters. The first-order valence-electron chi connectivity index (χ1n) is 3.31. The van der Waals surface area contributed by atoms with E-state index in [0.717, 1.165) is 10.6 Å². The van der Waals surface area contributed by atoms with Crippen LogP contribution in [0, 0.1) is 6.92 Å². The molecule has 0 saturated heterocycles. The molecule has 3 nitrogen and oxygen atoms in total. The molecule has 1 aromatic heterocycles. The van der Waals surface area contributed by atoms with Crippen LogP contribution in [0.3, 0.4) is 0 Å². The van der Waals surface area contributed by atoms with Gasteiger partial charge in [-0.15, -0.1) is 11.3 Å². The molecule has 1 rings (SSSR count). The number of nitrogens with zero attached hydrogens (tertiary/aromatic N) is 1. The molecule has 4 heteroatoms. The Hall–Kier alpha value is -0.900. The number of rotatable bonds is 3. The van der Waals surface area contributed by atoms with Gasteiger partial charge in [-0.1, -0.05) is 0 Å². The Labute approximate surface area is 68.7 Å². The monoisotopic (exact) mass is 171 g/mol. The first-order valence-corrected chi connectivity index (χ1v) is 4.19. The van der Waals surface area contributed by atoms with Crippen LogP contribution in [0.25, 0.3) is 0 Å². The zero-order chi connectivity index (χ0) is 8.27. The second-order valence-electron chi connectivity index (χ2n) is 2.25. The van der Waals surface area contributed by atoms with Gasteiger partial charge in [-0.3, -0.25) is 4.79 Å². The summed E-state index contributed by atoms with van der Waals surface area (Å²) in [6.45, 7) is 1.90. The van der Waals surface area contributed by atoms with E-state index in [-0.39, 0.29) is 6.42 Å². The fraction of sp³-hybridized carbons (Fsp3) is 0.429. The van der Waals surface area contributed by atoms with Crippen molar-refractivity contribution in [2.24, 2.45) is 0 Å². The van der Waals surface area contributed by atoms with E-state index in [0.29, 0.717) is 6.42 Å². The predicted molar refractivity (Wildman–Crippen MR) is 42.8 cm³/mol. The molecule has 1 aromatic rings. The molecule has 11 heavy (non-hydrogen) atoms. The summed E-state index contributed by atoms with van der Waals surface area (Å²) in [5, 5.41) is 8.39. The van der Waals surface area contributed by atoms with E-state index in [1.165, 1.54) is 11.3 Å². The van der Waals surface area contributed by atoms with Crippen LogP contribution < -0.4 is 0 Å². The molecule has 1 heterocycles. The number of carboxylic acids is 1. The minimum Gasteiger partial charge on any atom is -0.481 e. The Morgan fingerprint density at radius 2 is 2.55 bits per heavy atom. The molecule has 0 aliphatic rings. The fourth-order valence-corrected chi connectivity index (χ4v) is 1.57. The van der Waals surface area contributed by atoms with Gasteiger partial charge in [0.05, 0.1) is 17.6 Å². The van der Waals surface area contributed by atoms with Gasteiger partial charge in [0.15, 0.2) is 0 Å². The Morgan fingerprint density at radius 3 is 3.00 bits per heavy atom. The van der Waals surface area contributed by atoms with Crippen molar-refractivity contribution >= 4 is 17.3 Å². The molecule has 0 spiro atoms. The minimum atomic E-state index is -0.752. The van der Waals surface area contributed by atoms with Crippen LogP contribution in [0.15, 0.2) is 5.51 Å². The van der Waals surface area contributed by atoms with Crippen LogP contribution in [-0.4, -0.2) is 16.1 Å². The van der Waals surface area contributed by atoms with E-state index >= 15 is 0 Å². The molecular formula is C7H9NO2S. The van der Waals surface area contributed by atoms with Gasteiger partial charge in [-0.25, -0.2) is 4.98 Å². The summed E-state index contributed by atoms with van der Waals surface area (Å²) in [4.78, 5) is 15.3. The van der Waals surface area contributed by atoms with E-state index < -0.39 is 5.97 Å². The lowest BCUT2D eigenvalue weighted by Gasteiger charge is -1.92. The Morgan fingerprint density at radius 1 is 1.82 bits per heavy atom. The zero-order valence-corrected chi connectivity index (χ0v) is 7.02. The van der Waals surface area contributed by atoms with Gasteiger partial charge in [0.1, 0.15) is 0 Å². The van der Waals surface area contributed by atoms with Crippen LogP contribution in [0.1, 0.15) is 17.0 Å². The van der Waals surface area contributed by atoms with Crippen LogP contribution in [0.4, 0.5) is 0 Å². The van der Waals surface area contributed by atoms with Gasteiger partial charge >= 0.3 is 5.97 Å². The SMILES string of the molecule is Cc1ncsc1CCC(=O)O. The van der Waals surface area contributed by atoms with Crippen molar-refractivity contribution in [3.63, 3.8) is 0 Å². The second-order valence-corrected chi connectivity index (χ2v) is 3.19. The maximum atomic E-state index is 10.2. The molecule has 0 amide bonds. The van der Waals surface area contributed by atoms with Gasteiger partial charge in [0, 0.05) is 4.88 Å². The number of aliphatic carboxylic acids is 1. The third-order valence-corrected chi connectivity index (χ3v) is 2.41. The van der Waals surface area contributed by atoms with Crippen molar-refractivity contribution in [2.75, 3.05) is 0 Å². The topological polar surface area (TPSA) is 50.2 Å². The number of thiazole rings is 1. The van der Waals surface area contributed by atoms with Gasteiger partial charge in [0.2, 0.25) is 0 Å². The van der Waals surface area contributed by atoms with Crippen LogP contribution in [0.2, 0.25) is 0 Å². The number of carboxylic acid groups (broad SMARTS) is 1. The number of hydrogen-bond acceptors (Lipinski definition) is 3. The van der Waals surface area contributed by atoms with E-state index in [2.05, 4.69) is 4.98 Å². The lowest BCUT2D eigenvalue weighted by atomic mass is 10.2. The van der Waals surface area contributed by atoms with Crippen molar-refractivity contribution in [1.29, 1.82) is 0 Å². The molecule has 0 fully saturated rings. The normalized spacial score (nSPS) is 9.91. The minimum absolute atomic E-state index is 0.197. The molecule has 0 aliphatic heterocycles. The van der Waals surface area contributed by atoms with E-state index in [1.54, 1.807) is 5.51 Å². The van der Waals surface area contributed by atoms with E-state index in [9.17, 15) is 4.79 Å². The van der Waals surface area contributed by atoms with Gasteiger partial charge < -0.3 is 5.11 Å². The van der Waals surface area contributed by atoms with Gasteiger partial charge in [-0.2, -0.15) is 0 Å². The maximum Gasteiger partial charge on any atom is 0.303 e. The average molecular weight is 171 g/mol. The number of aromatic nitrogens is 1. The summed E-state index contributed by atoms with van der Waals surface area (Å²) in [5.74, 6) is -0.752. The molecule has 60 valence electrons. The predicted octanol–water partition coefficient (Wildman–Crippen LogP) is 1.47. The van der Waals surface area contributed by atoms with E-state index in [4.69, 9.17) is 5.11 Å². The van der Waals surface area contributed by atoms with Crippen LogP contribution >= 0.6 is 11.3 Å². The van der Waals surface area contributed by atoms with Crippen molar-refractivity contribution in [3.05, 3.63) is 16.1 Å². The first kappa shape index (κ1) is 8.20. The Bertz CT molecular complexity index is 257. The molecular weight excluding hydrogens is 162 g/mol. The molecule has 0 unspecified atom stereocenters. The summed E-state index contributed by atoms with van der Waals surface area (Å²) in [6, 6.07) is 0. The van der Waals surface area contributed by atoms with Crippen molar-refractivity contribution < 1.29 is 9.90 Å². The lowest BCUT2D eigenvalue weighted by Crippen LogP contribution is -1.96. The van der Waals surface area contributed by atoms with Crippen LogP contribution in [0.5, 0.6) is 0 Å². The number of carbonyl (C=O) groups is 1. The lowest BCUT2D eigenvalue weighted by molar-refractivity contribution is -0.136. The quantitative estimate of drug-likeness (QED) is 0.749. The summed E-state index contributed by atoms with van der Waals surface area (Å²) in [7, 11) is 0. The molecule has 0 saturated carbocycles. The number of aryl methyl sites for hydroxylation is 2. The maximum absolute atomic E-state index is 10.2. The molecule has 0 aromatic carbocycles. The smallest absolute Gasteiger partial charge is 0.303 e. The largest absolute Gasteiger partial charge is 0.481 e. The van der Waals surface area contributed by atoms with Crippen molar-refractivity contribution in [1.82, 2.24) is 4.98 Å². The molecule has 0 bridgehead atoms. The average Bonchev–Trinajstić information content (AvgIpc) is 2.31. The highest BCUT2D eigenvalue weighted by atomic mass is 32.1. The standard InChI is InChI=1S/C7H9NO2S/c1-5-6(11-4-8-5)2-3-7(9)10/h4H,2-3H2,1H3,(H,9,10). The van der Waals surface area contributed by atoms with Gasteiger partial charge in [-0.05, 0) is 13.3 Å². The summed E-state index contributed by atoms with van der Waals surface area (Å²) in [6.07, 6.45) is 0.800. The molecule has 1 N–H and O–H groups in total. The highest BCUT2D eigenvalue weighted by molar-refractivity contribution is 7.09. The zero-order valence-electron chi connectivity index (χ0n) is 6.20. The Kier molecular flexibility index (Phi) is 2.59. The summed E-state index contributed by atoms with van der Waals surface area (Å²) < 4.78 is 0. The second kappa shape index (κ2) is 3.48. The van der Waals surface area contributed by atoms with Crippen molar-refractivity contribution in [3.8, 4) is 0 Å². The number of hydrogen-bond donors (Lipinski definition) is 1. The third-order valence-electron chi connectivity index (χ3n) is 1.41. The fourth-order valence-electron chi connectivity index (χ4n) is 0.787. The highest BCUT2D eigenvalue weighted by Crippen LogP contribution is 2.13. The highest BCUT2D eigenvalue weighted by Gasteiger charge is 2.03.